The van der Waals surface area contributed by atoms with Crippen LogP contribution in [0.4, 0.5) is 0 Å². The van der Waals surface area contributed by atoms with Crippen molar-refractivity contribution in [1.29, 1.82) is 0 Å². The van der Waals surface area contributed by atoms with E-state index in [1.807, 2.05) is 30.3 Å². The minimum atomic E-state index is -0.177. The third-order valence-corrected chi connectivity index (χ3v) is 4.40. The van der Waals surface area contributed by atoms with Crippen molar-refractivity contribution in [1.82, 2.24) is 15.2 Å². The van der Waals surface area contributed by atoms with Gasteiger partial charge < -0.3 is 16.0 Å². The van der Waals surface area contributed by atoms with Crippen LogP contribution in [0.15, 0.2) is 36.5 Å². The lowest BCUT2D eigenvalue weighted by Gasteiger charge is -2.32. The number of amides is 2. The average molecular weight is 399 g/mol. The molecule has 1 unspecified atom stereocenters. The number of halogens is 2. The number of rotatable bonds is 4. The van der Waals surface area contributed by atoms with Gasteiger partial charge in [0.1, 0.15) is 5.69 Å². The molecule has 1 aromatic heterocycles. The summed E-state index contributed by atoms with van der Waals surface area (Å²) in [5.41, 5.74) is 5.88. The van der Waals surface area contributed by atoms with Crippen LogP contribution >= 0.6 is 24.8 Å². The van der Waals surface area contributed by atoms with E-state index in [0.29, 0.717) is 31.9 Å². The summed E-state index contributed by atoms with van der Waals surface area (Å²) in [6.45, 7) is 1.97. The fraction of sp³-hybridized carbons (Fsp3) is 0.389. The molecule has 8 heteroatoms. The van der Waals surface area contributed by atoms with Crippen molar-refractivity contribution < 1.29 is 9.59 Å². The molecule has 0 saturated carbocycles. The summed E-state index contributed by atoms with van der Waals surface area (Å²) in [5, 5.41) is 4.65. The van der Waals surface area contributed by atoms with E-state index < -0.39 is 0 Å². The van der Waals surface area contributed by atoms with Crippen molar-refractivity contribution in [3.63, 3.8) is 0 Å². The van der Waals surface area contributed by atoms with Gasteiger partial charge in [-0.05, 0) is 24.3 Å². The maximum Gasteiger partial charge on any atom is 0.273 e. The van der Waals surface area contributed by atoms with Crippen LogP contribution in [-0.2, 0) is 4.79 Å². The molecule has 0 aliphatic carbocycles. The SMILES string of the molecule is Cl.Cl.NCCNC(=O)C1CCCN(C(=O)c2nccc3ccccc23)C1. The lowest BCUT2D eigenvalue weighted by molar-refractivity contribution is -0.126. The monoisotopic (exact) mass is 398 g/mol. The van der Waals surface area contributed by atoms with Crippen LogP contribution < -0.4 is 11.1 Å². The molecule has 1 aromatic carbocycles. The van der Waals surface area contributed by atoms with Crippen LogP contribution in [0.25, 0.3) is 10.8 Å². The van der Waals surface area contributed by atoms with Gasteiger partial charge in [-0.25, -0.2) is 0 Å². The molecule has 3 N–H and O–H groups in total. The molecular weight excluding hydrogens is 375 g/mol. The number of nitrogens with zero attached hydrogens (tertiary/aromatic N) is 2. The molecule has 1 aliphatic rings. The summed E-state index contributed by atoms with van der Waals surface area (Å²) in [4.78, 5) is 31.1. The van der Waals surface area contributed by atoms with Gasteiger partial charge in [0.25, 0.3) is 5.91 Å². The summed E-state index contributed by atoms with van der Waals surface area (Å²) < 4.78 is 0. The molecule has 142 valence electrons. The average Bonchev–Trinajstić information content (AvgIpc) is 2.65. The molecule has 0 spiro atoms. The Kier molecular flexibility index (Phi) is 8.78. The number of piperidine rings is 1. The van der Waals surface area contributed by atoms with Crippen LogP contribution in [0.1, 0.15) is 23.3 Å². The maximum atomic E-state index is 12.9. The van der Waals surface area contributed by atoms with Gasteiger partial charge in [-0.1, -0.05) is 24.3 Å². The lowest BCUT2D eigenvalue weighted by Crippen LogP contribution is -2.46. The van der Waals surface area contributed by atoms with Gasteiger partial charge in [0.15, 0.2) is 0 Å². The van der Waals surface area contributed by atoms with Gasteiger partial charge in [0.05, 0.1) is 5.92 Å². The smallest absolute Gasteiger partial charge is 0.273 e. The molecule has 1 atom stereocenters. The predicted octanol–water partition coefficient (Wildman–Crippen LogP) is 2.01. The molecule has 3 rings (SSSR count). The van der Waals surface area contributed by atoms with E-state index >= 15 is 0 Å². The number of nitrogens with one attached hydrogen (secondary N) is 1. The summed E-state index contributed by atoms with van der Waals surface area (Å²) >= 11 is 0. The first-order chi connectivity index (χ1) is 11.7. The van der Waals surface area contributed by atoms with Crippen LogP contribution in [-0.4, -0.2) is 47.9 Å². The Bertz CT molecular complexity index is 752. The largest absolute Gasteiger partial charge is 0.355 e. The Hall–Kier alpha value is -1.89. The molecule has 1 aliphatic heterocycles. The van der Waals surface area contributed by atoms with Gasteiger partial charge in [0.2, 0.25) is 5.91 Å². The van der Waals surface area contributed by atoms with Gasteiger partial charge in [-0.15, -0.1) is 24.8 Å². The van der Waals surface area contributed by atoms with Crippen molar-refractivity contribution in [3.05, 3.63) is 42.2 Å². The number of carbonyl (C=O) groups is 2. The Morgan fingerprint density at radius 2 is 2.00 bits per heavy atom. The standard InChI is InChI=1S/C18H22N4O2.2ClH/c19-8-10-21-17(23)14-5-3-11-22(12-14)18(24)16-15-6-2-1-4-13(15)7-9-20-16;;/h1-2,4,6-7,9,14H,3,5,8,10-12,19H2,(H,21,23);2*1H. The van der Waals surface area contributed by atoms with Crippen LogP contribution in [0, 0.1) is 5.92 Å². The minimum absolute atomic E-state index is 0. The minimum Gasteiger partial charge on any atom is -0.355 e. The molecule has 2 heterocycles. The van der Waals surface area contributed by atoms with Gasteiger partial charge in [0, 0.05) is 37.8 Å². The first kappa shape index (κ1) is 22.2. The summed E-state index contributed by atoms with van der Waals surface area (Å²) in [6, 6.07) is 9.61. The number of hydrogen-bond acceptors (Lipinski definition) is 4. The fourth-order valence-electron chi connectivity index (χ4n) is 3.16. The second kappa shape index (κ2) is 10.3. The van der Waals surface area contributed by atoms with Gasteiger partial charge >= 0.3 is 0 Å². The molecule has 1 saturated heterocycles. The normalized spacial score (nSPS) is 16.3. The summed E-state index contributed by atoms with van der Waals surface area (Å²) in [5.74, 6) is -0.309. The second-order valence-electron chi connectivity index (χ2n) is 6.05. The zero-order chi connectivity index (χ0) is 16.9. The number of carbonyl (C=O) groups excluding carboxylic acids is 2. The van der Waals surface area contributed by atoms with E-state index in [0.717, 1.165) is 23.6 Å². The van der Waals surface area contributed by atoms with E-state index in [-0.39, 0.29) is 42.5 Å². The molecule has 1 fully saturated rings. The first-order valence-electron chi connectivity index (χ1n) is 8.31. The number of benzene rings is 1. The number of likely N-dealkylation sites (tertiary alicyclic amines) is 1. The van der Waals surface area contributed by atoms with Crippen molar-refractivity contribution in [3.8, 4) is 0 Å². The number of hydrogen-bond donors (Lipinski definition) is 2. The van der Waals surface area contributed by atoms with Crippen LogP contribution in [0.2, 0.25) is 0 Å². The maximum absolute atomic E-state index is 12.9. The quantitative estimate of drug-likeness (QED) is 0.823. The Balaban J connectivity index is 0.00000169. The zero-order valence-electron chi connectivity index (χ0n) is 14.4. The molecule has 0 radical (unpaired) electrons. The highest BCUT2D eigenvalue weighted by Crippen LogP contribution is 2.22. The summed E-state index contributed by atoms with van der Waals surface area (Å²) in [6.07, 6.45) is 3.27. The van der Waals surface area contributed by atoms with Crippen LogP contribution in [0.5, 0.6) is 0 Å². The van der Waals surface area contributed by atoms with Crippen LogP contribution in [0.3, 0.4) is 0 Å². The molecule has 2 aromatic rings. The summed E-state index contributed by atoms with van der Waals surface area (Å²) in [7, 11) is 0. The van der Waals surface area contributed by atoms with Crippen molar-refractivity contribution >= 4 is 47.4 Å². The molecule has 0 bridgehead atoms. The molecule has 26 heavy (non-hydrogen) atoms. The van der Waals surface area contributed by atoms with E-state index in [1.54, 1.807) is 11.1 Å². The van der Waals surface area contributed by atoms with Crippen molar-refractivity contribution in [2.45, 2.75) is 12.8 Å². The molecular formula is C18H24Cl2N4O2. The Labute approximate surface area is 165 Å². The highest BCUT2D eigenvalue weighted by atomic mass is 35.5. The van der Waals surface area contributed by atoms with E-state index in [2.05, 4.69) is 10.3 Å². The zero-order valence-corrected chi connectivity index (χ0v) is 16.0. The number of fused-ring (bicyclic) bond motifs is 1. The van der Waals surface area contributed by atoms with Gasteiger partial charge in [-0.3, -0.25) is 14.6 Å². The van der Waals surface area contributed by atoms with Crippen molar-refractivity contribution in [2.75, 3.05) is 26.2 Å². The Morgan fingerprint density at radius 1 is 1.23 bits per heavy atom. The second-order valence-corrected chi connectivity index (χ2v) is 6.05. The first-order valence-corrected chi connectivity index (χ1v) is 8.31. The third-order valence-electron chi connectivity index (χ3n) is 4.40. The molecule has 2 amide bonds. The predicted molar refractivity (Wildman–Crippen MR) is 107 cm³/mol. The Morgan fingerprint density at radius 3 is 2.77 bits per heavy atom. The van der Waals surface area contributed by atoms with E-state index in [9.17, 15) is 9.59 Å². The lowest BCUT2D eigenvalue weighted by atomic mass is 9.96. The highest BCUT2D eigenvalue weighted by molar-refractivity contribution is 6.05. The van der Waals surface area contributed by atoms with E-state index in [1.165, 1.54) is 0 Å². The molecule has 6 nitrogen and oxygen atoms in total. The highest BCUT2D eigenvalue weighted by Gasteiger charge is 2.29. The fourth-order valence-corrected chi connectivity index (χ4v) is 3.16. The van der Waals surface area contributed by atoms with Crippen molar-refractivity contribution in [2.24, 2.45) is 11.7 Å². The number of aromatic nitrogens is 1. The number of pyridine rings is 1. The van der Waals surface area contributed by atoms with Gasteiger partial charge in [-0.2, -0.15) is 0 Å². The third kappa shape index (κ3) is 4.84. The number of nitrogens with two attached hydrogens (primary N) is 1. The topological polar surface area (TPSA) is 88.3 Å². The van der Waals surface area contributed by atoms with E-state index in [4.69, 9.17) is 5.73 Å².